The van der Waals surface area contributed by atoms with E-state index in [0.717, 1.165) is 0 Å². The molecule has 7 heteroatoms. The van der Waals surface area contributed by atoms with Crippen molar-refractivity contribution >= 4 is 40.3 Å². The molecule has 5 nitrogen and oxygen atoms in total. The zero-order chi connectivity index (χ0) is 15.3. The zero-order valence-corrected chi connectivity index (χ0v) is 13.3. The summed E-state index contributed by atoms with van der Waals surface area (Å²) in [7, 11) is 0. The van der Waals surface area contributed by atoms with Crippen LogP contribution in [0.3, 0.4) is 0 Å². The van der Waals surface area contributed by atoms with E-state index >= 15 is 0 Å². The molecule has 1 rings (SSSR count). The molecule has 0 heterocycles. The third-order valence-electron chi connectivity index (χ3n) is 2.86. The van der Waals surface area contributed by atoms with Gasteiger partial charge in [-0.3, -0.25) is 4.79 Å². The number of urea groups is 1. The smallest absolute Gasteiger partial charge is 0.323 e. The van der Waals surface area contributed by atoms with Crippen LogP contribution < -0.4 is 5.32 Å². The van der Waals surface area contributed by atoms with E-state index in [1.54, 1.807) is 6.92 Å². The molecule has 20 heavy (non-hydrogen) atoms. The number of halogens is 2. The number of rotatable bonds is 5. The molecular weight excluding hydrogens is 378 g/mol. The van der Waals surface area contributed by atoms with Crippen molar-refractivity contribution in [3.8, 4) is 0 Å². The molecule has 0 aromatic heterocycles. The summed E-state index contributed by atoms with van der Waals surface area (Å²) >= 11 is 1.91. The predicted octanol–water partition coefficient (Wildman–Crippen LogP) is 3.15. The van der Waals surface area contributed by atoms with Gasteiger partial charge >= 0.3 is 12.0 Å². The Hall–Kier alpha value is -1.38. The Morgan fingerprint density at radius 3 is 2.65 bits per heavy atom. The first-order chi connectivity index (χ1) is 9.35. The van der Waals surface area contributed by atoms with E-state index in [0.29, 0.717) is 15.7 Å². The standard InChI is InChI=1S/C13H16FIN2O3/c1-3-8(2)17(7-12(18)19)13(20)16-11-5-4-9(14)6-10(11)15/h4-6,8H,3,7H2,1-2H3,(H,16,20)(H,18,19). The van der Waals surface area contributed by atoms with Crippen molar-refractivity contribution in [2.75, 3.05) is 11.9 Å². The van der Waals surface area contributed by atoms with E-state index in [1.807, 2.05) is 29.5 Å². The summed E-state index contributed by atoms with van der Waals surface area (Å²) in [5, 5.41) is 11.5. The Bertz CT molecular complexity index is 510. The van der Waals surface area contributed by atoms with E-state index in [1.165, 1.54) is 23.1 Å². The zero-order valence-electron chi connectivity index (χ0n) is 11.2. The average Bonchev–Trinajstić information content (AvgIpc) is 2.38. The summed E-state index contributed by atoms with van der Waals surface area (Å²) in [5.41, 5.74) is 0.454. The highest BCUT2D eigenvalue weighted by atomic mass is 127. The SMILES string of the molecule is CCC(C)N(CC(=O)O)C(=O)Nc1ccc(F)cc1I. The van der Waals surface area contributed by atoms with Crippen LogP contribution in [0.25, 0.3) is 0 Å². The lowest BCUT2D eigenvalue weighted by Gasteiger charge is -2.27. The van der Waals surface area contributed by atoms with Crippen LogP contribution in [0.5, 0.6) is 0 Å². The Morgan fingerprint density at radius 2 is 2.15 bits per heavy atom. The average molecular weight is 394 g/mol. The number of aliphatic carboxylic acids is 1. The van der Waals surface area contributed by atoms with Gasteiger partial charge in [0, 0.05) is 9.61 Å². The first-order valence-electron chi connectivity index (χ1n) is 6.09. The molecule has 0 saturated heterocycles. The van der Waals surface area contributed by atoms with E-state index < -0.39 is 17.8 Å². The van der Waals surface area contributed by atoms with Gasteiger partial charge in [0.1, 0.15) is 12.4 Å². The maximum absolute atomic E-state index is 13.0. The topological polar surface area (TPSA) is 69.6 Å². The van der Waals surface area contributed by atoms with Crippen molar-refractivity contribution in [2.45, 2.75) is 26.3 Å². The second kappa shape index (κ2) is 7.41. The van der Waals surface area contributed by atoms with Gasteiger partial charge in [-0.05, 0) is 54.1 Å². The molecule has 1 atom stereocenters. The highest BCUT2D eigenvalue weighted by molar-refractivity contribution is 14.1. The molecule has 0 radical (unpaired) electrons. The fraction of sp³-hybridized carbons (Fsp3) is 0.385. The molecule has 0 bridgehead atoms. The minimum atomic E-state index is -1.07. The van der Waals surface area contributed by atoms with Crippen molar-refractivity contribution in [3.05, 3.63) is 27.6 Å². The van der Waals surface area contributed by atoms with Gasteiger partial charge < -0.3 is 15.3 Å². The second-order valence-corrected chi connectivity index (χ2v) is 5.50. The van der Waals surface area contributed by atoms with Crippen LogP contribution in [0, 0.1) is 9.39 Å². The van der Waals surface area contributed by atoms with Crippen molar-refractivity contribution in [2.24, 2.45) is 0 Å². The Labute approximate surface area is 130 Å². The Kier molecular flexibility index (Phi) is 6.18. The van der Waals surface area contributed by atoms with Crippen molar-refractivity contribution < 1.29 is 19.1 Å². The highest BCUT2D eigenvalue weighted by Gasteiger charge is 2.22. The van der Waals surface area contributed by atoms with E-state index in [4.69, 9.17) is 5.11 Å². The summed E-state index contributed by atoms with van der Waals surface area (Å²) in [5.74, 6) is -1.47. The molecule has 0 saturated carbocycles. The number of carbonyl (C=O) groups excluding carboxylic acids is 1. The molecule has 0 spiro atoms. The number of anilines is 1. The number of hydrogen-bond donors (Lipinski definition) is 2. The highest BCUT2D eigenvalue weighted by Crippen LogP contribution is 2.20. The van der Waals surface area contributed by atoms with Gasteiger partial charge in [0.2, 0.25) is 0 Å². The fourth-order valence-corrected chi connectivity index (χ4v) is 2.18. The van der Waals surface area contributed by atoms with Crippen LogP contribution in [0.15, 0.2) is 18.2 Å². The van der Waals surface area contributed by atoms with E-state index in [-0.39, 0.29) is 12.6 Å². The largest absolute Gasteiger partial charge is 0.480 e. The van der Waals surface area contributed by atoms with Crippen molar-refractivity contribution in [1.82, 2.24) is 4.90 Å². The molecule has 0 fully saturated rings. The Morgan fingerprint density at radius 1 is 1.50 bits per heavy atom. The first-order valence-corrected chi connectivity index (χ1v) is 7.17. The molecule has 2 N–H and O–H groups in total. The summed E-state index contributed by atoms with van der Waals surface area (Å²) in [6, 6.07) is 3.27. The van der Waals surface area contributed by atoms with Crippen molar-refractivity contribution in [1.29, 1.82) is 0 Å². The number of nitrogens with one attached hydrogen (secondary N) is 1. The van der Waals surface area contributed by atoms with Crippen LogP contribution in [-0.2, 0) is 4.79 Å². The van der Waals surface area contributed by atoms with Gasteiger partial charge in [-0.25, -0.2) is 9.18 Å². The van der Waals surface area contributed by atoms with Gasteiger partial charge in [-0.2, -0.15) is 0 Å². The van der Waals surface area contributed by atoms with Gasteiger partial charge in [0.15, 0.2) is 0 Å². The van der Waals surface area contributed by atoms with Crippen LogP contribution in [0.2, 0.25) is 0 Å². The molecular formula is C13H16FIN2O3. The molecule has 1 aromatic rings. The quantitative estimate of drug-likeness (QED) is 0.754. The van der Waals surface area contributed by atoms with Crippen LogP contribution in [0.4, 0.5) is 14.9 Å². The maximum atomic E-state index is 13.0. The lowest BCUT2D eigenvalue weighted by Crippen LogP contribution is -2.44. The van der Waals surface area contributed by atoms with Gasteiger partial charge in [0.25, 0.3) is 0 Å². The molecule has 110 valence electrons. The summed E-state index contributed by atoms with van der Waals surface area (Å²) in [6.07, 6.45) is 0.640. The van der Waals surface area contributed by atoms with Crippen LogP contribution in [0.1, 0.15) is 20.3 Å². The number of carbonyl (C=O) groups is 2. The molecule has 0 aliphatic carbocycles. The summed E-state index contributed by atoms with van der Waals surface area (Å²) in [4.78, 5) is 24.2. The molecule has 0 aliphatic rings. The fourth-order valence-electron chi connectivity index (χ4n) is 1.57. The lowest BCUT2D eigenvalue weighted by atomic mass is 10.2. The van der Waals surface area contributed by atoms with Gasteiger partial charge in [-0.1, -0.05) is 6.92 Å². The summed E-state index contributed by atoms with van der Waals surface area (Å²) in [6.45, 7) is 3.27. The van der Waals surface area contributed by atoms with Crippen LogP contribution >= 0.6 is 22.6 Å². The molecule has 1 aromatic carbocycles. The number of carboxylic acids is 1. The number of amides is 2. The molecule has 2 amide bonds. The lowest BCUT2D eigenvalue weighted by molar-refractivity contribution is -0.138. The Balaban J connectivity index is 2.87. The minimum absolute atomic E-state index is 0.204. The number of benzene rings is 1. The first kappa shape index (κ1) is 16.7. The number of hydrogen-bond acceptors (Lipinski definition) is 2. The monoisotopic (exact) mass is 394 g/mol. The van der Waals surface area contributed by atoms with E-state index in [2.05, 4.69) is 5.32 Å². The normalized spacial score (nSPS) is 11.8. The summed E-state index contributed by atoms with van der Waals surface area (Å²) < 4.78 is 13.5. The van der Waals surface area contributed by atoms with Crippen LogP contribution in [-0.4, -0.2) is 34.6 Å². The van der Waals surface area contributed by atoms with Gasteiger partial charge in [-0.15, -0.1) is 0 Å². The second-order valence-electron chi connectivity index (χ2n) is 4.33. The third-order valence-corrected chi connectivity index (χ3v) is 3.75. The predicted molar refractivity (Wildman–Crippen MR) is 82.2 cm³/mol. The number of nitrogens with zero attached hydrogens (tertiary/aromatic N) is 1. The van der Waals surface area contributed by atoms with Crippen molar-refractivity contribution in [3.63, 3.8) is 0 Å². The molecule has 1 unspecified atom stereocenters. The maximum Gasteiger partial charge on any atom is 0.323 e. The molecule has 0 aliphatic heterocycles. The van der Waals surface area contributed by atoms with E-state index in [9.17, 15) is 14.0 Å². The van der Waals surface area contributed by atoms with Gasteiger partial charge in [0.05, 0.1) is 5.69 Å². The third kappa shape index (κ3) is 4.62. The number of carboxylic acid groups (broad SMARTS) is 1. The minimum Gasteiger partial charge on any atom is -0.480 e.